The third-order valence-electron chi connectivity index (χ3n) is 1.70. The van der Waals surface area contributed by atoms with Gasteiger partial charge in [0.1, 0.15) is 5.15 Å². The Labute approximate surface area is 103 Å². The molecule has 0 aliphatic heterocycles. The van der Waals surface area contributed by atoms with Gasteiger partial charge in [-0.25, -0.2) is 9.97 Å². The summed E-state index contributed by atoms with van der Waals surface area (Å²) in [4.78, 5) is 16.5. The average Bonchev–Trinajstić information content (AvgIpc) is 2.31. The molecule has 2 aromatic rings. The molecule has 3 N–H and O–H groups in total. The fourth-order valence-electron chi connectivity index (χ4n) is 0.904. The number of carbonyl (C=O) groups excluding carboxylic acids is 1. The molecule has 0 spiro atoms. The summed E-state index contributed by atoms with van der Waals surface area (Å²) in [7, 11) is 0. The molecular weight excluding hydrogens is 242 g/mol. The van der Waals surface area contributed by atoms with Crippen LogP contribution >= 0.6 is 11.6 Å². The van der Waals surface area contributed by atoms with Gasteiger partial charge >= 0.3 is 0 Å². The van der Waals surface area contributed by atoms with Crippen molar-refractivity contribution in [2.24, 2.45) is 0 Å². The van der Waals surface area contributed by atoms with Gasteiger partial charge in [0.05, 0.1) is 12.2 Å². The first-order chi connectivity index (χ1) is 8.09. The van der Waals surface area contributed by atoms with Crippen molar-refractivity contribution in [3.05, 3.63) is 53.4 Å². The second-order valence-electron chi connectivity index (χ2n) is 2.97. The van der Waals surface area contributed by atoms with E-state index in [1.165, 1.54) is 12.1 Å². The molecule has 0 atom stereocenters. The smallest absolute Gasteiger partial charge is 0.269 e. The Morgan fingerprint density at radius 1 is 1.35 bits per heavy atom. The summed E-state index contributed by atoms with van der Waals surface area (Å²) in [6, 6.07) is 8.31. The molecule has 0 saturated carbocycles. The predicted octanol–water partition coefficient (Wildman–Crippen LogP) is 0.181. The van der Waals surface area contributed by atoms with Crippen molar-refractivity contribution in [3.8, 4) is 0 Å². The molecule has 0 aromatic carbocycles. The Balaban J connectivity index is 0.000000181. The largest absolute Gasteiger partial charge is 0.545 e. The fraction of sp³-hybridized carbons (Fsp3) is 0. The van der Waals surface area contributed by atoms with Gasteiger partial charge in [-0.1, -0.05) is 17.7 Å². The van der Waals surface area contributed by atoms with E-state index in [-0.39, 0.29) is 10.7 Å². The van der Waals surface area contributed by atoms with Crippen molar-refractivity contribution in [2.45, 2.75) is 0 Å². The summed E-state index contributed by atoms with van der Waals surface area (Å²) in [5.41, 5.74) is 5.33. The van der Waals surface area contributed by atoms with Gasteiger partial charge in [-0.15, -0.1) is 0 Å². The zero-order valence-electron chi connectivity index (χ0n) is 8.76. The van der Waals surface area contributed by atoms with Crippen LogP contribution in [0.2, 0.25) is 5.15 Å². The Kier molecular flexibility index (Phi) is 4.90. The fourth-order valence-corrected chi connectivity index (χ4v) is 1.02. The number of carboxylic acids is 1. The van der Waals surface area contributed by atoms with E-state index in [9.17, 15) is 9.90 Å². The van der Waals surface area contributed by atoms with E-state index in [1.807, 2.05) is 12.1 Å². The number of pyridine rings is 2. The maximum absolute atomic E-state index is 10.1. The molecule has 17 heavy (non-hydrogen) atoms. The molecule has 6 heteroatoms. The first-order valence-corrected chi connectivity index (χ1v) is 5.02. The Morgan fingerprint density at radius 2 is 2.12 bits per heavy atom. The Morgan fingerprint density at radius 3 is 2.47 bits per heavy atom. The minimum atomic E-state index is -1.25. The van der Waals surface area contributed by atoms with Crippen LogP contribution in [0.15, 0.2) is 42.7 Å². The highest BCUT2D eigenvalue weighted by Crippen LogP contribution is 2.03. The van der Waals surface area contributed by atoms with Gasteiger partial charge in [0, 0.05) is 17.8 Å². The number of anilines is 1. The van der Waals surface area contributed by atoms with Crippen LogP contribution in [0.1, 0.15) is 10.4 Å². The number of carboxylic acid groups (broad SMARTS) is 1. The first-order valence-electron chi connectivity index (χ1n) is 4.64. The normalized spacial score (nSPS) is 9.00. The van der Waals surface area contributed by atoms with Crippen LogP contribution < -0.4 is 15.8 Å². The molecule has 0 amide bonds. The summed E-state index contributed by atoms with van der Waals surface area (Å²) >= 11 is 5.39. The molecule has 2 aromatic heterocycles. The third kappa shape index (κ3) is 4.94. The lowest BCUT2D eigenvalue weighted by Gasteiger charge is -1.98. The number of carbonyl (C=O) groups is 1. The molecule has 0 fully saturated rings. The standard InChI is InChI=1S/C6H4ClNO2.C5H6N2/c7-5-2-1-4(3-8-5)6(9)10;6-5-3-1-2-4-7-5/h1-3H,(H,9,10);1-4H,(H2,6,7). The molecule has 0 bridgehead atoms. The number of aromatic carboxylic acids is 1. The molecular formula is C11H10ClN3O2. The Hall–Kier alpha value is -2.14. The van der Waals surface area contributed by atoms with Crippen LogP contribution in [0.5, 0.6) is 0 Å². The monoisotopic (exact) mass is 251 g/mol. The number of nitrogens with two attached hydrogens (primary N) is 1. The maximum Gasteiger partial charge on any atom is 0.269 e. The van der Waals surface area contributed by atoms with Crippen LogP contribution in [0.3, 0.4) is 0 Å². The minimum Gasteiger partial charge on any atom is -0.545 e. The first kappa shape index (κ1) is 12.9. The Bertz CT molecular complexity index is 474. The number of H-pyrrole nitrogens is 1. The maximum atomic E-state index is 10.1. The number of nitrogens with zero attached hydrogens (tertiary/aromatic N) is 1. The second-order valence-corrected chi connectivity index (χ2v) is 3.36. The van der Waals surface area contributed by atoms with Crippen LogP contribution in [0.25, 0.3) is 0 Å². The third-order valence-corrected chi connectivity index (χ3v) is 1.92. The van der Waals surface area contributed by atoms with E-state index in [4.69, 9.17) is 17.3 Å². The van der Waals surface area contributed by atoms with Gasteiger partial charge in [-0.05, 0) is 18.2 Å². The van der Waals surface area contributed by atoms with Gasteiger partial charge in [0.25, 0.3) is 5.82 Å². The summed E-state index contributed by atoms with van der Waals surface area (Å²) in [6.45, 7) is 0. The lowest BCUT2D eigenvalue weighted by Crippen LogP contribution is -2.22. The van der Waals surface area contributed by atoms with Crippen molar-refractivity contribution < 1.29 is 14.9 Å². The quantitative estimate of drug-likeness (QED) is 0.732. The number of hydrogen-bond donors (Lipinski definition) is 1. The zero-order chi connectivity index (χ0) is 12.7. The molecule has 0 unspecified atom stereocenters. The number of nitrogens with one attached hydrogen (secondary N) is 1. The van der Waals surface area contributed by atoms with Crippen LogP contribution in [-0.4, -0.2) is 11.0 Å². The lowest BCUT2D eigenvalue weighted by molar-refractivity contribution is -0.360. The van der Waals surface area contributed by atoms with Gasteiger partial charge in [-0.2, -0.15) is 0 Å². The van der Waals surface area contributed by atoms with E-state index in [0.29, 0.717) is 5.82 Å². The van der Waals surface area contributed by atoms with E-state index < -0.39 is 5.97 Å². The number of rotatable bonds is 1. The molecule has 0 saturated heterocycles. The lowest BCUT2D eigenvalue weighted by atomic mass is 10.3. The van der Waals surface area contributed by atoms with Gasteiger partial charge < -0.3 is 9.90 Å². The topological polar surface area (TPSA) is 93.2 Å². The number of aromatic nitrogens is 2. The highest BCUT2D eigenvalue weighted by molar-refractivity contribution is 6.29. The minimum absolute atomic E-state index is 0.0319. The molecule has 0 radical (unpaired) electrons. The molecule has 88 valence electrons. The summed E-state index contributed by atoms with van der Waals surface area (Å²) in [6.07, 6.45) is 2.94. The van der Waals surface area contributed by atoms with Gasteiger partial charge in [0.2, 0.25) is 0 Å². The molecule has 2 rings (SSSR count). The summed E-state index contributed by atoms with van der Waals surface area (Å²) in [5.74, 6) is -0.549. The van der Waals surface area contributed by atoms with Crippen molar-refractivity contribution >= 4 is 23.4 Å². The zero-order valence-corrected chi connectivity index (χ0v) is 9.52. The molecule has 2 heterocycles. The average molecular weight is 252 g/mol. The van der Waals surface area contributed by atoms with Gasteiger partial charge in [-0.3, -0.25) is 5.73 Å². The van der Waals surface area contributed by atoms with Crippen LogP contribution in [0.4, 0.5) is 5.82 Å². The van der Waals surface area contributed by atoms with Gasteiger partial charge in [0.15, 0.2) is 0 Å². The molecule has 5 nitrogen and oxygen atoms in total. The molecule has 0 aliphatic rings. The van der Waals surface area contributed by atoms with Crippen molar-refractivity contribution in [1.29, 1.82) is 0 Å². The molecule has 0 aliphatic carbocycles. The van der Waals surface area contributed by atoms with Crippen LogP contribution in [-0.2, 0) is 0 Å². The highest BCUT2D eigenvalue weighted by Gasteiger charge is 1.91. The summed E-state index contributed by atoms with van der Waals surface area (Å²) in [5, 5.41) is 10.4. The number of halogens is 1. The number of hydrogen-bond acceptors (Lipinski definition) is 4. The predicted molar refractivity (Wildman–Crippen MR) is 61.0 cm³/mol. The number of aromatic amines is 1. The van der Waals surface area contributed by atoms with Crippen molar-refractivity contribution in [1.82, 2.24) is 4.98 Å². The highest BCUT2D eigenvalue weighted by atomic mass is 35.5. The SMILES string of the molecule is Nc1cccc[nH+]1.O=C([O-])c1ccc(Cl)nc1. The van der Waals surface area contributed by atoms with E-state index in [2.05, 4.69) is 9.97 Å². The second kappa shape index (κ2) is 6.44. The van der Waals surface area contributed by atoms with E-state index >= 15 is 0 Å². The van der Waals surface area contributed by atoms with Crippen molar-refractivity contribution in [2.75, 3.05) is 5.73 Å². The van der Waals surface area contributed by atoms with E-state index in [0.717, 1.165) is 6.20 Å². The van der Waals surface area contributed by atoms with Crippen molar-refractivity contribution in [3.63, 3.8) is 0 Å². The van der Waals surface area contributed by atoms with Crippen LogP contribution in [0, 0.1) is 0 Å². The summed E-state index contributed by atoms with van der Waals surface area (Å²) < 4.78 is 0. The van der Waals surface area contributed by atoms with E-state index in [1.54, 1.807) is 12.3 Å². The number of nitrogen functional groups attached to an aromatic ring is 1.